The Hall–Kier alpha value is -5.29. The molecule has 6 rings (SSSR count). The normalized spacial score (nSPS) is 14.7. The minimum atomic E-state index is -0.798. The number of hydrogen-bond acceptors (Lipinski definition) is 8. The maximum atomic E-state index is 14.3. The van der Waals surface area contributed by atoms with E-state index in [1.165, 1.54) is 17.4 Å². The van der Waals surface area contributed by atoms with Gasteiger partial charge in [0.25, 0.3) is 17.2 Å². The highest BCUT2D eigenvalue weighted by atomic mass is 32.1. The predicted molar refractivity (Wildman–Crippen MR) is 178 cm³/mol. The molecule has 0 bridgehead atoms. The maximum Gasteiger partial charge on any atom is 0.273 e. The number of methoxy groups -OCH3 is 1. The fourth-order valence-corrected chi connectivity index (χ4v) is 6.99. The average Bonchev–Trinajstić information content (AvgIpc) is 3.64. The lowest BCUT2D eigenvalue weighted by atomic mass is 9.90. The van der Waals surface area contributed by atoms with Crippen molar-refractivity contribution in [1.82, 2.24) is 9.47 Å². The molecule has 1 aliphatic rings. The summed E-state index contributed by atoms with van der Waals surface area (Å²) in [6.45, 7) is 8.33. The molecule has 0 spiro atoms. The van der Waals surface area contributed by atoms with Gasteiger partial charge in [-0.25, -0.2) is 4.99 Å². The van der Waals surface area contributed by atoms with Crippen LogP contribution in [0.2, 0.25) is 0 Å². The molecule has 0 saturated heterocycles. The molecule has 3 aromatic carbocycles. The number of nitrogens with zero attached hydrogens (tertiary/aromatic N) is 4. The van der Waals surface area contributed by atoms with Gasteiger partial charge in [0.1, 0.15) is 23.3 Å². The predicted octanol–water partition coefficient (Wildman–Crippen LogP) is 5.74. The summed E-state index contributed by atoms with van der Waals surface area (Å²) in [4.78, 5) is 46.5. The van der Waals surface area contributed by atoms with Gasteiger partial charge in [0, 0.05) is 41.9 Å². The van der Waals surface area contributed by atoms with E-state index < -0.39 is 11.0 Å². The van der Waals surface area contributed by atoms with Crippen molar-refractivity contribution in [2.24, 2.45) is 4.99 Å². The Morgan fingerprint density at radius 1 is 1.11 bits per heavy atom. The number of nitro groups is 1. The molecule has 0 N–H and O–H groups in total. The van der Waals surface area contributed by atoms with Crippen LogP contribution in [0.15, 0.2) is 92.2 Å². The van der Waals surface area contributed by atoms with Crippen molar-refractivity contribution in [3.05, 3.63) is 125 Å². The van der Waals surface area contributed by atoms with Gasteiger partial charge in [-0.2, -0.15) is 0 Å². The Kier molecular flexibility index (Phi) is 8.18. The quantitative estimate of drug-likeness (QED) is 0.158. The lowest BCUT2D eigenvalue weighted by Gasteiger charge is -2.30. The molecule has 10 nitrogen and oxygen atoms in total. The minimum Gasteiger partial charge on any atom is -0.496 e. The van der Waals surface area contributed by atoms with E-state index in [4.69, 9.17) is 14.1 Å². The van der Waals surface area contributed by atoms with E-state index in [0.717, 1.165) is 10.8 Å². The minimum absolute atomic E-state index is 0.00180. The third-order valence-corrected chi connectivity index (χ3v) is 9.30. The Morgan fingerprint density at radius 2 is 1.87 bits per heavy atom. The van der Waals surface area contributed by atoms with Crippen LogP contribution < -0.4 is 19.6 Å². The standard InChI is InChI=1S/C35H32N4O6S/c1-6-37(7-2)34(41)30-21(4)36-35-38(32(30)31-25-11-9-8-10-22(25)14-16-28(31)44-5)33(40)29(46-35)19-24-15-17-27(45-24)23-13-12-20(3)26(18-23)39(42)43/h8-19,32H,6-7H2,1-5H3/b29-19+/t32-/m1/s1. The third kappa shape index (κ3) is 5.22. The van der Waals surface area contributed by atoms with Gasteiger partial charge in [-0.1, -0.05) is 53.8 Å². The summed E-state index contributed by atoms with van der Waals surface area (Å²) >= 11 is 1.20. The number of carbonyl (C=O) groups excluding carboxylic acids is 1. The van der Waals surface area contributed by atoms with Gasteiger partial charge in [-0.3, -0.25) is 24.3 Å². The van der Waals surface area contributed by atoms with Gasteiger partial charge in [0.15, 0.2) is 4.80 Å². The molecule has 1 aliphatic heterocycles. The topological polar surface area (TPSA) is 120 Å². The molecule has 0 radical (unpaired) electrons. The van der Waals surface area contributed by atoms with Crippen LogP contribution in [-0.4, -0.2) is 40.5 Å². The van der Waals surface area contributed by atoms with Gasteiger partial charge >= 0.3 is 0 Å². The van der Waals surface area contributed by atoms with Crippen LogP contribution in [0.4, 0.5) is 5.69 Å². The van der Waals surface area contributed by atoms with Gasteiger partial charge < -0.3 is 14.1 Å². The number of allylic oxidation sites excluding steroid dienone is 1. The molecule has 234 valence electrons. The number of fused-ring (bicyclic) bond motifs is 2. The fraction of sp³-hybridized carbons (Fsp3) is 0.229. The molecule has 0 aliphatic carbocycles. The van der Waals surface area contributed by atoms with E-state index in [1.54, 1.807) is 60.8 Å². The molecule has 0 saturated carbocycles. The van der Waals surface area contributed by atoms with Crippen LogP contribution in [0.3, 0.4) is 0 Å². The summed E-state index contributed by atoms with van der Waals surface area (Å²) in [5, 5.41) is 13.3. The highest BCUT2D eigenvalue weighted by Crippen LogP contribution is 2.40. The largest absolute Gasteiger partial charge is 0.496 e. The third-order valence-electron chi connectivity index (χ3n) is 8.32. The molecule has 0 fully saturated rings. The van der Waals surface area contributed by atoms with Crippen molar-refractivity contribution in [2.45, 2.75) is 33.7 Å². The Morgan fingerprint density at radius 3 is 2.59 bits per heavy atom. The summed E-state index contributed by atoms with van der Waals surface area (Å²) in [6, 6.07) is 19.2. The Balaban J connectivity index is 1.55. The monoisotopic (exact) mass is 636 g/mol. The number of nitro benzene ring substituents is 1. The second kappa shape index (κ2) is 12.2. The second-order valence-electron chi connectivity index (χ2n) is 10.9. The average molecular weight is 637 g/mol. The number of benzene rings is 3. The van der Waals surface area contributed by atoms with Crippen LogP contribution in [-0.2, 0) is 4.79 Å². The molecule has 46 heavy (non-hydrogen) atoms. The van der Waals surface area contributed by atoms with Crippen molar-refractivity contribution in [3.8, 4) is 17.1 Å². The van der Waals surface area contributed by atoms with E-state index in [-0.39, 0.29) is 17.2 Å². The summed E-state index contributed by atoms with van der Waals surface area (Å²) in [5.74, 6) is 1.20. The summed E-state index contributed by atoms with van der Waals surface area (Å²) in [5.41, 5.74) is 2.43. The lowest BCUT2D eigenvalue weighted by Crippen LogP contribution is -2.43. The summed E-state index contributed by atoms with van der Waals surface area (Å²) in [6.07, 6.45) is 1.64. The zero-order chi connectivity index (χ0) is 32.7. The first-order valence-corrected chi connectivity index (χ1v) is 15.7. The fourth-order valence-electron chi connectivity index (χ4n) is 5.96. The molecule has 3 heterocycles. The van der Waals surface area contributed by atoms with Crippen LogP contribution in [0.1, 0.15) is 43.7 Å². The van der Waals surface area contributed by atoms with E-state index in [9.17, 15) is 19.7 Å². The smallest absolute Gasteiger partial charge is 0.273 e. The van der Waals surface area contributed by atoms with Gasteiger partial charge in [0.05, 0.1) is 27.8 Å². The number of likely N-dealkylation sites (N-methyl/N-ethyl adjacent to an activating group) is 1. The Bertz CT molecular complexity index is 2240. The highest BCUT2D eigenvalue weighted by Gasteiger charge is 2.36. The number of ether oxygens (including phenoxy) is 1. The van der Waals surface area contributed by atoms with Gasteiger partial charge in [-0.15, -0.1) is 0 Å². The van der Waals surface area contributed by atoms with Crippen molar-refractivity contribution < 1.29 is 18.9 Å². The van der Waals surface area contributed by atoms with E-state index in [0.29, 0.717) is 67.7 Å². The maximum absolute atomic E-state index is 14.3. The highest BCUT2D eigenvalue weighted by molar-refractivity contribution is 7.07. The SMILES string of the molecule is CCN(CC)C(=O)C1=C(C)N=c2s/c(=C/c3ccc(-c4ccc(C)c([N+](=O)[O-])c4)o3)c(=O)n2[C@H]1c1c(OC)ccc2ccccc12. The van der Waals surface area contributed by atoms with Gasteiger partial charge in [0.2, 0.25) is 0 Å². The van der Waals surface area contributed by atoms with Crippen LogP contribution in [0.25, 0.3) is 28.2 Å². The number of amides is 1. The summed E-state index contributed by atoms with van der Waals surface area (Å²) in [7, 11) is 1.58. The number of thiazole rings is 1. The van der Waals surface area contributed by atoms with Crippen molar-refractivity contribution in [1.29, 1.82) is 0 Å². The van der Waals surface area contributed by atoms with Crippen molar-refractivity contribution in [2.75, 3.05) is 20.2 Å². The first-order valence-electron chi connectivity index (χ1n) is 14.9. The van der Waals surface area contributed by atoms with Crippen molar-refractivity contribution in [3.63, 3.8) is 0 Å². The van der Waals surface area contributed by atoms with Crippen LogP contribution >= 0.6 is 11.3 Å². The lowest BCUT2D eigenvalue weighted by molar-refractivity contribution is -0.385. The molecule has 5 aromatic rings. The number of aryl methyl sites for hydroxylation is 1. The van der Waals surface area contributed by atoms with E-state index in [1.807, 2.05) is 50.2 Å². The molecule has 1 atom stereocenters. The number of furan rings is 1. The van der Waals surface area contributed by atoms with Crippen molar-refractivity contribution >= 4 is 39.8 Å². The first kappa shape index (κ1) is 30.7. The number of aromatic nitrogens is 1. The zero-order valence-electron chi connectivity index (χ0n) is 26.1. The van der Waals surface area contributed by atoms with Crippen LogP contribution in [0.5, 0.6) is 5.75 Å². The second-order valence-corrected chi connectivity index (χ2v) is 11.9. The first-order chi connectivity index (χ1) is 22.2. The molecule has 0 unspecified atom stereocenters. The molecule has 1 amide bonds. The molecular weight excluding hydrogens is 604 g/mol. The molecule has 11 heteroatoms. The van der Waals surface area contributed by atoms with E-state index >= 15 is 0 Å². The van der Waals surface area contributed by atoms with Gasteiger partial charge in [-0.05, 0) is 56.7 Å². The van der Waals surface area contributed by atoms with Crippen LogP contribution in [0, 0.1) is 17.0 Å². The number of rotatable bonds is 8. The summed E-state index contributed by atoms with van der Waals surface area (Å²) < 4.78 is 13.8. The Labute approximate surface area is 268 Å². The molecular formula is C35H32N4O6S. The number of hydrogen-bond donors (Lipinski definition) is 0. The van der Waals surface area contributed by atoms with E-state index in [2.05, 4.69) is 0 Å². The molecule has 2 aromatic heterocycles. The zero-order valence-corrected chi connectivity index (χ0v) is 26.9. The number of carbonyl (C=O) groups is 1.